The number of hydrogen-bond acceptors (Lipinski definition) is 5. The first-order valence-electron chi connectivity index (χ1n) is 9.03. The molecule has 26 heavy (non-hydrogen) atoms. The van der Waals surface area contributed by atoms with E-state index in [1.807, 2.05) is 32.3 Å². The second-order valence-electron chi connectivity index (χ2n) is 7.62. The minimum absolute atomic E-state index is 0.309. The highest BCUT2D eigenvalue weighted by molar-refractivity contribution is 5.65. The van der Waals surface area contributed by atoms with E-state index < -0.39 is 6.09 Å². The molecule has 1 saturated heterocycles. The van der Waals surface area contributed by atoms with Gasteiger partial charge in [0, 0.05) is 37.9 Å². The minimum atomic E-state index is -0.798. The first-order valence-corrected chi connectivity index (χ1v) is 9.03. The van der Waals surface area contributed by atoms with Crippen LogP contribution in [0, 0.1) is 12.3 Å². The van der Waals surface area contributed by atoms with Crippen molar-refractivity contribution in [3.8, 4) is 11.3 Å². The molecule has 2 aromatic heterocycles. The number of nitrogens with one attached hydrogen (secondary N) is 1. The maximum Gasteiger partial charge on any atom is 0.407 e. The average molecular weight is 356 g/mol. The Morgan fingerprint density at radius 3 is 2.54 bits per heavy atom. The molecule has 0 aromatic carbocycles. The molecule has 1 spiro atoms. The van der Waals surface area contributed by atoms with Crippen molar-refractivity contribution in [2.24, 2.45) is 12.5 Å². The molecule has 1 amide bonds. The normalized spacial score (nSPS) is 19.4. The van der Waals surface area contributed by atoms with Crippen molar-refractivity contribution in [1.82, 2.24) is 24.9 Å². The van der Waals surface area contributed by atoms with Crippen molar-refractivity contribution in [3.05, 3.63) is 24.0 Å². The SMILES string of the molecule is Cc1nn(C)cc1-c1ccc(NC2CC3(CCN(C(=O)O)CC3)C2)nn1. The predicted octanol–water partition coefficient (Wildman–Crippen LogP) is 2.52. The summed E-state index contributed by atoms with van der Waals surface area (Å²) in [7, 11) is 1.90. The van der Waals surface area contributed by atoms with Gasteiger partial charge in [0.15, 0.2) is 0 Å². The molecule has 0 atom stereocenters. The van der Waals surface area contributed by atoms with Gasteiger partial charge in [-0.05, 0) is 50.2 Å². The van der Waals surface area contributed by atoms with Crippen molar-refractivity contribution in [2.75, 3.05) is 18.4 Å². The summed E-state index contributed by atoms with van der Waals surface area (Å²) in [5.41, 5.74) is 3.08. The van der Waals surface area contributed by atoms with Crippen LogP contribution in [-0.2, 0) is 7.05 Å². The summed E-state index contributed by atoms with van der Waals surface area (Å²) in [6, 6.07) is 4.33. The van der Waals surface area contributed by atoms with E-state index >= 15 is 0 Å². The highest BCUT2D eigenvalue weighted by Crippen LogP contribution is 2.49. The summed E-state index contributed by atoms with van der Waals surface area (Å²) in [4.78, 5) is 12.5. The Labute approximate surface area is 152 Å². The molecule has 1 saturated carbocycles. The van der Waals surface area contributed by atoms with Crippen molar-refractivity contribution in [2.45, 2.75) is 38.6 Å². The molecule has 1 aliphatic carbocycles. The largest absolute Gasteiger partial charge is 0.465 e. The second kappa shape index (κ2) is 6.26. The Bertz CT molecular complexity index is 800. The summed E-state index contributed by atoms with van der Waals surface area (Å²) in [5, 5.41) is 25.5. The van der Waals surface area contributed by atoms with Crippen LogP contribution in [0.25, 0.3) is 11.3 Å². The number of aromatic nitrogens is 4. The molecule has 138 valence electrons. The monoisotopic (exact) mass is 356 g/mol. The van der Waals surface area contributed by atoms with E-state index in [1.165, 1.54) is 4.90 Å². The summed E-state index contributed by atoms with van der Waals surface area (Å²) < 4.78 is 1.78. The third-order valence-electron chi connectivity index (χ3n) is 5.76. The standard InChI is InChI=1S/C18H24N6O2/c1-12-14(11-23(2)22-12)15-3-4-16(21-20-15)19-13-9-18(10-13)5-7-24(8-6-18)17(25)26/h3-4,11,13H,5-10H2,1-2H3,(H,19,21)(H,25,26). The molecule has 0 bridgehead atoms. The average Bonchev–Trinajstić information content (AvgIpc) is 2.93. The number of rotatable bonds is 3. The van der Waals surface area contributed by atoms with Gasteiger partial charge in [0.05, 0.1) is 11.4 Å². The van der Waals surface area contributed by atoms with E-state index in [0.29, 0.717) is 24.5 Å². The fourth-order valence-electron chi connectivity index (χ4n) is 4.28. The van der Waals surface area contributed by atoms with Gasteiger partial charge >= 0.3 is 6.09 Å². The van der Waals surface area contributed by atoms with E-state index in [1.54, 1.807) is 4.68 Å². The van der Waals surface area contributed by atoms with Crippen LogP contribution in [0.1, 0.15) is 31.4 Å². The molecule has 3 heterocycles. The van der Waals surface area contributed by atoms with Gasteiger partial charge < -0.3 is 15.3 Å². The number of aryl methyl sites for hydroxylation is 2. The van der Waals surface area contributed by atoms with Crippen LogP contribution in [0.5, 0.6) is 0 Å². The number of nitrogens with zero attached hydrogens (tertiary/aromatic N) is 5. The summed E-state index contributed by atoms with van der Waals surface area (Å²) in [5.74, 6) is 0.790. The molecule has 4 rings (SSSR count). The lowest BCUT2D eigenvalue weighted by Crippen LogP contribution is -2.52. The maximum atomic E-state index is 11.0. The number of carboxylic acid groups (broad SMARTS) is 1. The second-order valence-corrected chi connectivity index (χ2v) is 7.62. The number of amides is 1. The lowest BCUT2D eigenvalue weighted by atomic mass is 9.60. The Morgan fingerprint density at radius 2 is 2.00 bits per heavy atom. The molecule has 2 aromatic rings. The van der Waals surface area contributed by atoms with Crippen molar-refractivity contribution in [1.29, 1.82) is 0 Å². The highest BCUT2D eigenvalue weighted by atomic mass is 16.4. The predicted molar refractivity (Wildman–Crippen MR) is 96.9 cm³/mol. The van der Waals surface area contributed by atoms with Crippen LogP contribution < -0.4 is 5.32 Å². The van der Waals surface area contributed by atoms with Gasteiger partial charge in [-0.15, -0.1) is 10.2 Å². The molecule has 8 heteroatoms. The first kappa shape index (κ1) is 16.8. The van der Waals surface area contributed by atoms with Gasteiger partial charge in [-0.25, -0.2) is 4.79 Å². The highest BCUT2D eigenvalue weighted by Gasteiger charge is 2.46. The van der Waals surface area contributed by atoms with Crippen molar-refractivity contribution >= 4 is 11.9 Å². The van der Waals surface area contributed by atoms with Gasteiger partial charge in [0.25, 0.3) is 0 Å². The fraction of sp³-hybridized carbons (Fsp3) is 0.556. The summed E-state index contributed by atoms with van der Waals surface area (Å²) >= 11 is 0. The Hall–Kier alpha value is -2.64. The third-order valence-corrected chi connectivity index (χ3v) is 5.76. The van der Waals surface area contributed by atoms with Gasteiger partial charge in [0.1, 0.15) is 5.82 Å². The molecular weight excluding hydrogens is 332 g/mol. The third kappa shape index (κ3) is 3.11. The van der Waals surface area contributed by atoms with Crippen molar-refractivity contribution in [3.63, 3.8) is 0 Å². The van der Waals surface area contributed by atoms with Crippen LogP contribution in [-0.4, -0.2) is 55.2 Å². The van der Waals surface area contributed by atoms with Gasteiger partial charge in [-0.3, -0.25) is 4.68 Å². The zero-order valence-corrected chi connectivity index (χ0v) is 15.1. The van der Waals surface area contributed by atoms with E-state index in [9.17, 15) is 4.79 Å². The van der Waals surface area contributed by atoms with Crippen LogP contribution in [0.2, 0.25) is 0 Å². The molecule has 2 fully saturated rings. The van der Waals surface area contributed by atoms with E-state index in [-0.39, 0.29) is 0 Å². The van der Waals surface area contributed by atoms with E-state index in [2.05, 4.69) is 20.6 Å². The van der Waals surface area contributed by atoms with E-state index in [0.717, 1.165) is 48.5 Å². The molecule has 2 aliphatic rings. The van der Waals surface area contributed by atoms with Crippen LogP contribution in [0.3, 0.4) is 0 Å². The van der Waals surface area contributed by atoms with Gasteiger partial charge in [-0.1, -0.05) is 0 Å². The molecule has 0 radical (unpaired) electrons. The van der Waals surface area contributed by atoms with Crippen LogP contribution in [0.15, 0.2) is 18.3 Å². The Balaban J connectivity index is 1.32. The Morgan fingerprint density at radius 1 is 1.27 bits per heavy atom. The van der Waals surface area contributed by atoms with E-state index in [4.69, 9.17) is 5.11 Å². The van der Waals surface area contributed by atoms with Crippen LogP contribution in [0.4, 0.5) is 10.6 Å². The number of piperidine rings is 1. The quantitative estimate of drug-likeness (QED) is 0.877. The lowest BCUT2D eigenvalue weighted by molar-refractivity contribution is 0.0266. The smallest absolute Gasteiger partial charge is 0.407 e. The van der Waals surface area contributed by atoms with Gasteiger partial charge in [-0.2, -0.15) is 5.10 Å². The fourth-order valence-corrected chi connectivity index (χ4v) is 4.28. The zero-order chi connectivity index (χ0) is 18.3. The summed E-state index contributed by atoms with van der Waals surface area (Å²) in [6.07, 6.45) is 5.22. The van der Waals surface area contributed by atoms with Crippen LogP contribution >= 0.6 is 0 Å². The molecule has 8 nitrogen and oxygen atoms in total. The lowest BCUT2D eigenvalue weighted by Gasteiger charge is -2.52. The number of hydrogen-bond donors (Lipinski definition) is 2. The van der Waals surface area contributed by atoms with Gasteiger partial charge in [0.2, 0.25) is 0 Å². The van der Waals surface area contributed by atoms with Crippen molar-refractivity contribution < 1.29 is 9.90 Å². The Kier molecular flexibility index (Phi) is 4.05. The molecule has 1 aliphatic heterocycles. The zero-order valence-electron chi connectivity index (χ0n) is 15.1. The first-order chi connectivity index (χ1) is 12.4. The maximum absolute atomic E-state index is 11.0. The minimum Gasteiger partial charge on any atom is -0.465 e. The molecular formula is C18H24N6O2. The number of likely N-dealkylation sites (tertiary alicyclic amines) is 1. The number of carbonyl (C=O) groups is 1. The molecule has 0 unspecified atom stereocenters. The topological polar surface area (TPSA) is 96.2 Å². The summed E-state index contributed by atoms with van der Waals surface area (Å²) in [6.45, 7) is 3.27. The molecule has 2 N–H and O–H groups in total. The number of anilines is 1.